The molecule has 2 unspecified atom stereocenters. The first-order chi connectivity index (χ1) is 7.47. The molecular weight excluding hydrogens is 204 g/mol. The van der Waals surface area contributed by atoms with Gasteiger partial charge in [0.05, 0.1) is 6.10 Å². The first-order valence-electron chi connectivity index (χ1n) is 6.09. The number of amides is 1. The first kappa shape index (κ1) is 15.4. The minimum atomic E-state index is -0.180. The third-order valence-corrected chi connectivity index (χ3v) is 2.66. The number of aliphatic hydroxyl groups excluding tert-OH is 1. The number of rotatable bonds is 8. The van der Waals surface area contributed by atoms with Gasteiger partial charge in [0.1, 0.15) is 0 Å². The van der Waals surface area contributed by atoms with E-state index in [1.807, 2.05) is 13.8 Å². The lowest BCUT2D eigenvalue weighted by atomic mass is 10.1. The standard InChI is InChI=1S/C12H26N2O2/c1-5-11(15)7-6-8-13-10(2)9-12(16)14(3)4/h10-11,13,15H,5-9H2,1-4H3. The Hall–Kier alpha value is -0.610. The molecule has 4 nitrogen and oxygen atoms in total. The molecule has 0 aromatic carbocycles. The number of hydrogen-bond donors (Lipinski definition) is 2. The van der Waals surface area contributed by atoms with Gasteiger partial charge < -0.3 is 15.3 Å². The maximum absolute atomic E-state index is 11.4. The highest BCUT2D eigenvalue weighted by Gasteiger charge is 2.09. The van der Waals surface area contributed by atoms with Gasteiger partial charge in [-0.3, -0.25) is 4.79 Å². The van der Waals surface area contributed by atoms with Gasteiger partial charge in [0.2, 0.25) is 5.91 Å². The number of nitrogens with zero attached hydrogens (tertiary/aromatic N) is 1. The summed E-state index contributed by atoms with van der Waals surface area (Å²) in [7, 11) is 3.54. The first-order valence-corrected chi connectivity index (χ1v) is 6.09. The molecule has 1 amide bonds. The van der Waals surface area contributed by atoms with Crippen LogP contribution in [0.3, 0.4) is 0 Å². The van der Waals surface area contributed by atoms with E-state index >= 15 is 0 Å². The highest BCUT2D eigenvalue weighted by atomic mass is 16.3. The maximum Gasteiger partial charge on any atom is 0.223 e. The summed E-state index contributed by atoms with van der Waals surface area (Å²) in [5, 5.41) is 12.6. The number of hydrogen-bond acceptors (Lipinski definition) is 3. The Kier molecular flexibility index (Phi) is 8.21. The van der Waals surface area contributed by atoms with Crippen molar-refractivity contribution in [1.29, 1.82) is 0 Å². The fraction of sp³-hybridized carbons (Fsp3) is 0.917. The van der Waals surface area contributed by atoms with Crippen LogP contribution < -0.4 is 5.32 Å². The van der Waals surface area contributed by atoms with Crippen LogP contribution in [0.1, 0.15) is 39.5 Å². The molecule has 0 radical (unpaired) electrons. The average molecular weight is 230 g/mol. The maximum atomic E-state index is 11.4. The van der Waals surface area contributed by atoms with Gasteiger partial charge >= 0.3 is 0 Å². The molecule has 96 valence electrons. The molecule has 0 rings (SSSR count). The SMILES string of the molecule is CCC(O)CCCNC(C)CC(=O)N(C)C. The van der Waals surface area contributed by atoms with Gasteiger partial charge in [-0.05, 0) is 32.7 Å². The third-order valence-electron chi connectivity index (χ3n) is 2.66. The molecule has 0 aromatic heterocycles. The van der Waals surface area contributed by atoms with Crippen molar-refractivity contribution in [1.82, 2.24) is 10.2 Å². The van der Waals surface area contributed by atoms with Crippen LogP contribution in [0, 0.1) is 0 Å². The zero-order valence-corrected chi connectivity index (χ0v) is 11.0. The summed E-state index contributed by atoms with van der Waals surface area (Å²) in [6, 6.07) is 0.202. The largest absolute Gasteiger partial charge is 0.393 e. The summed E-state index contributed by atoms with van der Waals surface area (Å²) in [5.74, 6) is 0.147. The van der Waals surface area contributed by atoms with Gasteiger partial charge in [-0.25, -0.2) is 0 Å². The molecule has 0 aromatic rings. The van der Waals surface area contributed by atoms with Gasteiger partial charge in [-0.1, -0.05) is 6.92 Å². The van der Waals surface area contributed by atoms with E-state index in [2.05, 4.69) is 5.32 Å². The molecule has 2 atom stereocenters. The van der Waals surface area contributed by atoms with Gasteiger partial charge in [-0.2, -0.15) is 0 Å². The van der Waals surface area contributed by atoms with E-state index in [9.17, 15) is 9.90 Å². The number of carbonyl (C=O) groups excluding carboxylic acids is 1. The predicted octanol–water partition coefficient (Wildman–Crippen LogP) is 0.994. The second-order valence-electron chi connectivity index (χ2n) is 4.55. The fourth-order valence-corrected chi connectivity index (χ4v) is 1.41. The van der Waals surface area contributed by atoms with Crippen molar-refractivity contribution in [2.45, 2.75) is 51.7 Å². The zero-order chi connectivity index (χ0) is 12.6. The van der Waals surface area contributed by atoms with Crippen LogP contribution in [-0.2, 0) is 4.79 Å². The molecule has 0 saturated heterocycles. The topological polar surface area (TPSA) is 52.6 Å². The van der Waals surface area contributed by atoms with Crippen LogP contribution in [0.25, 0.3) is 0 Å². The monoisotopic (exact) mass is 230 g/mol. The molecule has 4 heteroatoms. The molecular formula is C12H26N2O2. The Morgan fingerprint density at radius 3 is 2.56 bits per heavy atom. The Morgan fingerprint density at radius 1 is 1.44 bits per heavy atom. The lowest BCUT2D eigenvalue weighted by molar-refractivity contribution is -0.129. The van der Waals surface area contributed by atoms with Gasteiger partial charge in [-0.15, -0.1) is 0 Å². The predicted molar refractivity (Wildman–Crippen MR) is 66.3 cm³/mol. The second kappa shape index (κ2) is 8.53. The van der Waals surface area contributed by atoms with Crippen LogP contribution in [0.4, 0.5) is 0 Å². The molecule has 0 aliphatic carbocycles. The zero-order valence-electron chi connectivity index (χ0n) is 11.0. The van der Waals surface area contributed by atoms with Crippen molar-refractivity contribution >= 4 is 5.91 Å². The normalized spacial score (nSPS) is 14.6. The van der Waals surface area contributed by atoms with Crippen LogP contribution in [0.2, 0.25) is 0 Å². The molecule has 0 bridgehead atoms. The van der Waals surface area contributed by atoms with Crippen molar-refractivity contribution in [3.63, 3.8) is 0 Å². The summed E-state index contributed by atoms with van der Waals surface area (Å²) in [4.78, 5) is 13.0. The molecule has 0 spiro atoms. The molecule has 0 aliphatic heterocycles. The van der Waals surface area contributed by atoms with Gasteiger partial charge in [0.25, 0.3) is 0 Å². The van der Waals surface area contributed by atoms with Crippen LogP contribution >= 0.6 is 0 Å². The average Bonchev–Trinajstić information content (AvgIpc) is 2.23. The summed E-state index contributed by atoms with van der Waals surface area (Å²) in [6.07, 6.45) is 2.95. The summed E-state index contributed by atoms with van der Waals surface area (Å²) < 4.78 is 0. The van der Waals surface area contributed by atoms with E-state index in [4.69, 9.17) is 0 Å². The minimum absolute atomic E-state index is 0.147. The number of nitrogens with one attached hydrogen (secondary N) is 1. The van der Waals surface area contributed by atoms with Crippen molar-refractivity contribution in [2.75, 3.05) is 20.6 Å². The quantitative estimate of drug-likeness (QED) is 0.612. The van der Waals surface area contributed by atoms with Gasteiger partial charge in [0, 0.05) is 26.6 Å². The Morgan fingerprint density at radius 2 is 2.06 bits per heavy atom. The van der Waals surface area contributed by atoms with Gasteiger partial charge in [0.15, 0.2) is 0 Å². The summed E-state index contributed by atoms with van der Waals surface area (Å²) in [6.45, 7) is 4.85. The smallest absolute Gasteiger partial charge is 0.223 e. The third kappa shape index (κ3) is 7.65. The van der Waals surface area contributed by atoms with Crippen LogP contribution in [0.15, 0.2) is 0 Å². The Bertz CT molecular complexity index is 195. The van der Waals surface area contributed by atoms with E-state index in [0.29, 0.717) is 6.42 Å². The van der Waals surface area contributed by atoms with Crippen LogP contribution in [-0.4, -0.2) is 48.7 Å². The lowest BCUT2D eigenvalue weighted by Crippen LogP contribution is -2.34. The molecule has 0 saturated carbocycles. The lowest BCUT2D eigenvalue weighted by Gasteiger charge is -2.16. The van der Waals surface area contributed by atoms with E-state index in [-0.39, 0.29) is 18.1 Å². The van der Waals surface area contributed by atoms with Crippen molar-refractivity contribution < 1.29 is 9.90 Å². The van der Waals surface area contributed by atoms with E-state index < -0.39 is 0 Å². The molecule has 0 fully saturated rings. The van der Waals surface area contributed by atoms with E-state index in [1.165, 1.54) is 0 Å². The number of carbonyl (C=O) groups is 1. The van der Waals surface area contributed by atoms with E-state index in [0.717, 1.165) is 25.8 Å². The Balaban J connectivity index is 3.51. The van der Waals surface area contributed by atoms with Crippen molar-refractivity contribution in [3.05, 3.63) is 0 Å². The molecule has 16 heavy (non-hydrogen) atoms. The molecule has 0 heterocycles. The highest BCUT2D eigenvalue weighted by Crippen LogP contribution is 2.01. The highest BCUT2D eigenvalue weighted by molar-refractivity contribution is 5.76. The van der Waals surface area contributed by atoms with Crippen LogP contribution in [0.5, 0.6) is 0 Å². The summed E-state index contributed by atoms with van der Waals surface area (Å²) >= 11 is 0. The van der Waals surface area contributed by atoms with Crippen molar-refractivity contribution in [3.8, 4) is 0 Å². The second-order valence-corrected chi connectivity index (χ2v) is 4.55. The minimum Gasteiger partial charge on any atom is -0.393 e. The fourth-order valence-electron chi connectivity index (χ4n) is 1.41. The number of aliphatic hydroxyl groups is 1. The molecule has 2 N–H and O–H groups in total. The Labute approximate surface area is 99.0 Å². The summed E-state index contributed by atoms with van der Waals surface area (Å²) in [5.41, 5.74) is 0. The van der Waals surface area contributed by atoms with E-state index in [1.54, 1.807) is 19.0 Å². The van der Waals surface area contributed by atoms with Crippen molar-refractivity contribution in [2.24, 2.45) is 0 Å². The molecule has 0 aliphatic rings.